The fourth-order valence-corrected chi connectivity index (χ4v) is 4.46. The molecule has 7 nitrogen and oxygen atoms in total. The molecule has 34 heavy (non-hydrogen) atoms. The standard InChI is InChI=1S/C26H27N5O2S/c1-18-9-10-22(15-19(18)2)31-25(20-11-13-27-14-12-20)28-29-26(31)34-17-24(32)30(3)16-21-7-5-6-8-23(21)33-4/h5-15H,16-17H2,1-4H3. The quantitative estimate of drug-likeness (QED) is 0.345. The lowest BCUT2D eigenvalue weighted by atomic mass is 10.1. The van der Waals surface area contributed by atoms with E-state index >= 15 is 0 Å². The number of nitrogens with zero attached hydrogens (tertiary/aromatic N) is 5. The van der Waals surface area contributed by atoms with Crippen molar-refractivity contribution in [3.63, 3.8) is 0 Å². The molecule has 4 rings (SSSR count). The summed E-state index contributed by atoms with van der Waals surface area (Å²) in [6.07, 6.45) is 3.47. The van der Waals surface area contributed by atoms with Gasteiger partial charge in [-0.2, -0.15) is 0 Å². The third-order valence-electron chi connectivity index (χ3n) is 5.67. The summed E-state index contributed by atoms with van der Waals surface area (Å²) in [5, 5.41) is 9.54. The van der Waals surface area contributed by atoms with Gasteiger partial charge in [0.05, 0.1) is 18.6 Å². The molecular weight excluding hydrogens is 446 g/mol. The van der Waals surface area contributed by atoms with Crippen LogP contribution in [-0.2, 0) is 11.3 Å². The summed E-state index contributed by atoms with van der Waals surface area (Å²) < 4.78 is 7.41. The number of thioether (sulfide) groups is 1. The number of pyridine rings is 1. The van der Waals surface area contributed by atoms with Gasteiger partial charge in [0, 0.05) is 37.1 Å². The topological polar surface area (TPSA) is 73.1 Å². The molecule has 1 amide bonds. The van der Waals surface area contributed by atoms with Crippen LogP contribution >= 0.6 is 11.8 Å². The molecule has 8 heteroatoms. The Labute approximate surface area is 203 Å². The van der Waals surface area contributed by atoms with Crippen LogP contribution in [-0.4, -0.2) is 50.5 Å². The highest BCUT2D eigenvalue weighted by Gasteiger charge is 2.19. The number of hydrogen-bond acceptors (Lipinski definition) is 6. The number of methoxy groups -OCH3 is 1. The summed E-state index contributed by atoms with van der Waals surface area (Å²) in [4.78, 5) is 18.8. The molecule has 0 spiro atoms. The van der Waals surface area contributed by atoms with Gasteiger partial charge in [0.1, 0.15) is 5.75 Å². The molecule has 2 aromatic carbocycles. The molecule has 174 valence electrons. The first kappa shape index (κ1) is 23.5. The van der Waals surface area contributed by atoms with Crippen LogP contribution < -0.4 is 4.74 Å². The van der Waals surface area contributed by atoms with E-state index in [4.69, 9.17) is 4.74 Å². The Morgan fingerprint density at radius 3 is 2.53 bits per heavy atom. The smallest absolute Gasteiger partial charge is 0.233 e. The lowest BCUT2D eigenvalue weighted by Gasteiger charge is -2.19. The number of para-hydroxylation sites is 1. The van der Waals surface area contributed by atoms with Crippen LogP contribution in [0.3, 0.4) is 0 Å². The first-order chi connectivity index (χ1) is 16.5. The second kappa shape index (κ2) is 10.5. The summed E-state index contributed by atoms with van der Waals surface area (Å²) in [6, 6.07) is 17.8. The molecule has 2 heterocycles. The van der Waals surface area contributed by atoms with Gasteiger partial charge >= 0.3 is 0 Å². The van der Waals surface area contributed by atoms with Crippen molar-refractivity contribution in [2.24, 2.45) is 0 Å². The van der Waals surface area contributed by atoms with Crippen molar-refractivity contribution in [2.45, 2.75) is 25.5 Å². The van der Waals surface area contributed by atoms with Crippen molar-refractivity contribution >= 4 is 17.7 Å². The number of rotatable bonds is 8. The van der Waals surface area contributed by atoms with Crippen molar-refractivity contribution in [2.75, 3.05) is 19.9 Å². The number of hydrogen-bond donors (Lipinski definition) is 0. The van der Waals surface area contributed by atoms with Crippen molar-refractivity contribution in [3.8, 4) is 22.8 Å². The van der Waals surface area contributed by atoms with E-state index in [9.17, 15) is 4.79 Å². The summed E-state index contributed by atoms with van der Waals surface area (Å²) in [7, 11) is 3.43. The lowest BCUT2D eigenvalue weighted by molar-refractivity contribution is -0.127. The van der Waals surface area contributed by atoms with Crippen LogP contribution in [0.5, 0.6) is 5.75 Å². The average molecular weight is 474 g/mol. The largest absolute Gasteiger partial charge is 0.496 e. The molecule has 0 atom stereocenters. The average Bonchev–Trinajstić information content (AvgIpc) is 3.29. The Kier molecular flexibility index (Phi) is 7.27. The number of amides is 1. The second-order valence-electron chi connectivity index (χ2n) is 8.00. The van der Waals surface area contributed by atoms with E-state index < -0.39 is 0 Å². The van der Waals surface area contributed by atoms with Gasteiger partial charge in [0.25, 0.3) is 0 Å². The van der Waals surface area contributed by atoms with E-state index in [0.29, 0.717) is 17.5 Å². The SMILES string of the molecule is COc1ccccc1CN(C)C(=O)CSc1nnc(-c2ccncc2)n1-c1ccc(C)c(C)c1. The van der Waals surface area contributed by atoms with Crippen LogP contribution in [0.4, 0.5) is 0 Å². The molecule has 0 aliphatic carbocycles. The van der Waals surface area contributed by atoms with E-state index in [0.717, 1.165) is 22.6 Å². The summed E-state index contributed by atoms with van der Waals surface area (Å²) in [6.45, 7) is 4.63. The second-order valence-corrected chi connectivity index (χ2v) is 8.94. The third kappa shape index (κ3) is 5.12. The van der Waals surface area contributed by atoms with Crippen LogP contribution in [0.2, 0.25) is 0 Å². The molecule has 2 aromatic heterocycles. The normalized spacial score (nSPS) is 10.8. The van der Waals surface area contributed by atoms with E-state index in [1.165, 1.54) is 22.9 Å². The predicted molar refractivity (Wildman–Crippen MR) is 134 cm³/mol. The highest BCUT2D eigenvalue weighted by Crippen LogP contribution is 2.29. The molecule has 0 aliphatic heterocycles. The first-order valence-corrected chi connectivity index (χ1v) is 11.9. The number of ether oxygens (including phenoxy) is 1. The van der Waals surface area contributed by atoms with Gasteiger partial charge in [0.2, 0.25) is 5.91 Å². The Hall–Kier alpha value is -3.65. The maximum atomic E-state index is 12.9. The van der Waals surface area contributed by atoms with Gasteiger partial charge in [-0.25, -0.2) is 0 Å². The maximum absolute atomic E-state index is 12.9. The molecule has 0 N–H and O–H groups in total. The van der Waals surface area contributed by atoms with Crippen LogP contribution in [0.1, 0.15) is 16.7 Å². The Morgan fingerprint density at radius 1 is 1.03 bits per heavy atom. The molecule has 0 fully saturated rings. The summed E-state index contributed by atoms with van der Waals surface area (Å²) >= 11 is 1.38. The van der Waals surface area contributed by atoms with Gasteiger partial charge < -0.3 is 9.64 Å². The lowest BCUT2D eigenvalue weighted by Crippen LogP contribution is -2.28. The molecule has 4 aromatic rings. The van der Waals surface area contributed by atoms with Crippen LogP contribution in [0, 0.1) is 13.8 Å². The molecule has 0 bridgehead atoms. The number of carbonyl (C=O) groups excluding carboxylic acids is 1. The van der Waals surface area contributed by atoms with E-state index in [-0.39, 0.29) is 11.7 Å². The minimum atomic E-state index is -0.00370. The Bertz CT molecular complexity index is 1290. The molecule has 0 unspecified atom stereocenters. The number of aryl methyl sites for hydroxylation is 2. The van der Waals surface area contributed by atoms with Gasteiger partial charge in [-0.1, -0.05) is 36.0 Å². The number of aromatic nitrogens is 4. The highest BCUT2D eigenvalue weighted by molar-refractivity contribution is 7.99. The minimum absolute atomic E-state index is 0.00370. The van der Waals surface area contributed by atoms with Gasteiger partial charge in [-0.3, -0.25) is 14.3 Å². The fourth-order valence-electron chi connectivity index (χ4n) is 3.56. The maximum Gasteiger partial charge on any atom is 0.233 e. The van der Waals surface area contributed by atoms with E-state index in [1.807, 2.05) is 41.0 Å². The van der Waals surface area contributed by atoms with Crippen LogP contribution in [0.15, 0.2) is 72.1 Å². The third-order valence-corrected chi connectivity index (χ3v) is 6.58. The Morgan fingerprint density at radius 2 is 1.79 bits per heavy atom. The zero-order chi connectivity index (χ0) is 24.1. The van der Waals surface area contributed by atoms with E-state index in [1.54, 1.807) is 31.5 Å². The molecule has 0 saturated carbocycles. The zero-order valence-electron chi connectivity index (χ0n) is 19.7. The monoisotopic (exact) mass is 473 g/mol. The Balaban J connectivity index is 1.57. The van der Waals surface area contributed by atoms with Crippen molar-refractivity contribution in [1.82, 2.24) is 24.6 Å². The predicted octanol–water partition coefficient (Wildman–Crippen LogP) is 4.71. The molecule has 0 radical (unpaired) electrons. The highest BCUT2D eigenvalue weighted by atomic mass is 32.2. The zero-order valence-corrected chi connectivity index (χ0v) is 20.5. The minimum Gasteiger partial charge on any atom is -0.496 e. The number of carbonyl (C=O) groups is 1. The summed E-state index contributed by atoms with van der Waals surface area (Å²) in [5.41, 5.74) is 5.22. The van der Waals surface area contributed by atoms with Gasteiger partial charge in [-0.05, 0) is 55.3 Å². The summed E-state index contributed by atoms with van der Waals surface area (Å²) in [5.74, 6) is 1.72. The fraction of sp³-hybridized carbons (Fsp3) is 0.231. The molecule has 0 aliphatic rings. The van der Waals surface area contributed by atoms with Crippen molar-refractivity contribution in [3.05, 3.63) is 83.7 Å². The first-order valence-electron chi connectivity index (χ1n) is 10.9. The number of benzene rings is 2. The molecule has 0 saturated heterocycles. The van der Waals surface area contributed by atoms with Gasteiger partial charge in [-0.15, -0.1) is 10.2 Å². The van der Waals surface area contributed by atoms with Crippen molar-refractivity contribution < 1.29 is 9.53 Å². The van der Waals surface area contributed by atoms with Crippen LogP contribution in [0.25, 0.3) is 17.1 Å². The van der Waals surface area contributed by atoms with E-state index in [2.05, 4.69) is 47.2 Å². The molecular formula is C26H27N5O2S. The van der Waals surface area contributed by atoms with Crippen molar-refractivity contribution in [1.29, 1.82) is 0 Å². The van der Waals surface area contributed by atoms with Gasteiger partial charge in [0.15, 0.2) is 11.0 Å².